The van der Waals surface area contributed by atoms with Crippen molar-refractivity contribution in [3.8, 4) is 0 Å². The number of carbonyl (C=O) groups is 1. The van der Waals surface area contributed by atoms with Crippen LogP contribution in [0.2, 0.25) is 0 Å². The van der Waals surface area contributed by atoms with Crippen LogP contribution in [-0.4, -0.2) is 20.3 Å². The normalized spacial score (nSPS) is 16.1. The van der Waals surface area contributed by atoms with Crippen molar-refractivity contribution in [1.82, 2.24) is 19.5 Å². The van der Waals surface area contributed by atoms with E-state index < -0.39 is 5.56 Å². The SMILES string of the molecule is C=c1n[c-][n-]c(=O)/c1=C/C(=C\C)C(=O)c1ncc2n1C=CC(C)C=C2.[Rb+].[Rb+]. The molecule has 0 fully saturated rings. The molecule has 3 rings (SSSR count). The van der Waals surface area contributed by atoms with E-state index in [0.29, 0.717) is 5.57 Å². The Morgan fingerprint density at radius 3 is 2.78 bits per heavy atom. The molecule has 126 valence electrons. The van der Waals surface area contributed by atoms with Gasteiger partial charge >= 0.3 is 116 Å². The smallest absolute Gasteiger partial charge is 0.572 e. The number of ketones is 1. The van der Waals surface area contributed by atoms with Gasteiger partial charge in [0, 0.05) is 11.8 Å². The van der Waals surface area contributed by atoms with Gasteiger partial charge < -0.3 is 14.8 Å². The topological polar surface area (TPSA) is 79.0 Å². The molecule has 1 aliphatic heterocycles. The summed E-state index contributed by atoms with van der Waals surface area (Å²) in [6.07, 6.45) is 14.7. The van der Waals surface area contributed by atoms with Crippen LogP contribution in [0.15, 0.2) is 34.8 Å². The van der Waals surface area contributed by atoms with Crippen LogP contribution in [0, 0.1) is 12.2 Å². The van der Waals surface area contributed by atoms with Crippen molar-refractivity contribution < 1.29 is 121 Å². The number of fused-ring (bicyclic) bond motifs is 1. The molecule has 1 atom stereocenters. The van der Waals surface area contributed by atoms with Crippen LogP contribution in [0.4, 0.5) is 0 Å². The number of aromatic nitrogens is 4. The summed E-state index contributed by atoms with van der Waals surface area (Å²) in [7, 11) is 0. The van der Waals surface area contributed by atoms with Gasteiger partial charge in [-0.15, -0.1) is 0 Å². The average molecular weight is 503 g/mol. The van der Waals surface area contributed by atoms with Gasteiger partial charge in [-0.2, -0.15) is 11.9 Å². The van der Waals surface area contributed by atoms with Crippen molar-refractivity contribution in [3.63, 3.8) is 0 Å². The molecule has 27 heavy (non-hydrogen) atoms. The van der Waals surface area contributed by atoms with Crippen molar-refractivity contribution in [2.24, 2.45) is 5.92 Å². The molecule has 0 bridgehead atoms. The van der Waals surface area contributed by atoms with Gasteiger partial charge in [-0.3, -0.25) is 9.36 Å². The number of allylic oxidation sites excluding steroid dienone is 4. The van der Waals surface area contributed by atoms with E-state index in [1.54, 1.807) is 23.8 Å². The third kappa shape index (κ3) is 5.92. The van der Waals surface area contributed by atoms with Gasteiger partial charge in [0.05, 0.1) is 17.5 Å². The van der Waals surface area contributed by atoms with Crippen LogP contribution in [0.25, 0.3) is 24.9 Å². The molecule has 6 nitrogen and oxygen atoms in total. The largest absolute Gasteiger partial charge is 1.00 e. The maximum absolute atomic E-state index is 12.9. The molecular formula is C19H16N4O2Rb2. The van der Waals surface area contributed by atoms with Gasteiger partial charge in [-0.1, -0.05) is 36.4 Å². The summed E-state index contributed by atoms with van der Waals surface area (Å²) in [5.41, 5.74) is 0.616. The van der Waals surface area contributed by atoms with Crippen LogP contribution in [-0.2, 0) is 0 Å². The minimum atomic E-state index is -0.522. The maximum Gasteiger partial charge on any atom is 1.00 e. The molecule has 2 aromatic heterocycles. The summed E-state index contributed by atoms with van der Waals surface area (Å²) >= 11 is 0. The van der Waals surface area contributed by atoms with Crippen LogP contribution in [0.1, 0.15) is 30.2 Å². The quantitative estimate of drug-likeness (QED) is 0.238. The van der Waals surface area contributed by atoms with E-state index in [1.807, 2.05) is 24.4 Å². The molecule has 0 saturated heterocycles. The van der Waals surface area contributed by atoms with Crippen molar-refractivity contribution in [2.45, 2.75) is 13.8 Å². The fraction of sp³-hybridized carbons (Fsp3) is 0.158. The van der Waals surface area contributed by atoms with E-state index in [-0.39, 0.29) is 144 Å². The van der Waals surface area contributed by atoms with Crippen LogP contribution in [0.3, 0.4) is 0 Å². The zero-order valence-corrected chi connectivity index (χ0v) is 25.8. The molecule has 0 spiro atoms. The Hall–Kier alpha value is 0.330. The fourth-order valence-electron chi connectivity index (χ4n) is 2.44. The number of rotatable bonds is 3. The number of Topliss-reactive ketones (excluding diaryl/α,β-unsaturated/α-hetero) is 1. The predicted molar refractivity (Wildman–Crippen MR) is 95.7 cm³/mol. The van der Waals surface area contributed by atoms with Gasteiger partial charge in [-0.25, -0.2) is 11.3 Å². The summed E-state index contributed by atoms with van der Waals surface area (Å²) in [4.78, 5) is 36.3. The molecule has 2 aromatic rings. The fourth-order valence-corrected chi connectivity index (χ4v) is 2.44. The standard InChI is InChI=1S/C19H16N4O2.2Rb/c1-4-14(9-16-13(3)21-11-22-19(16)25)17(24)18-20-10-15-6-5-12(2)7-8-23(15)18;;/h4-10,12H,3H2,1-2H3;;/q-2;2*+1/b14-4+,16-9+;;. The second kappa shape index (κ2) is 11.5. The van der Waals surface area contributed by atoms with Crippen LogP contribution >= 0.6 is 0 Å². The second-order valence-electron chi connectivity index (χ2n) is 5.64. The monoisotopic (exact) mass is 502 g/mol. The van der Waals surface area contributed by atoms with Gasteiger partial charge in [-0.05, 0) is 18.9 Å². The second-order valence-corrected chi connectivity index (χ2v) is 5.64. The van der Waals surface area contributed by atoms with Gasteiger partial charge in [0.2, 0.25) is 5.78 Å². The third-order valence-corrected chi connectivity index (χ3v) is 3.89. The Bertz CT molecular complexity index is 1060. The molecule has 1 aliphatic rings. The number of carbonyl (C=O) groups excluding carboxylic acids is 1. The Labute approximate surface area is 254 Å². The van der Waals surface area contributed by atoms with E-state index in [4.69, 9.17) is 0 Å². The molecule has 0 N–H and O–H groups in total. The summed E-state index contributed by atoms with van der Waals surface area (Å²) in [6.45, 7) is 7.46. The van der Waals surface area contributed by atoms with Crippen molar-refractivity contribution in [2.75, 3.05) is 0 Å². The van der Waals surface area contributed by atoms with Gasteiger partial charge in [0.15, 0.2) is 5.82 Å². The number of nitrogens with zero attached hydrogens (tertiary/aromatic N) is 4. The Kier molecular flexibility index (Phi) is 10.8. The first-order valence-electron chi connectivity index (χ1n) is 7.77. The Morgan fingerprint density at radius 1 is 1.37 bits per heavy atom. The summed E-state index contributed by atoms with van der Waals surface area (Å²) in [5, 5.41) is 0.401. The number of hydrogen-bond acceptors (Lipinski definition) is 4. The molecule has 0 amide bonds. The number of imidazole rings is 1. The van der Waals surface area contributed by atoms with E-state index >= 15 is 0 Å². The Balaban J connectivity index is 0.00000182. The average Bonchev–Trinajstić information content (AvgIpc) is 2.91. The number of hydrogen-bond donors (Lipinski definition) is 0. The zero-order valence-electron chi connectivity index (χ0n) is 15.9. The molecule has 0 aromatic carbocycles. The minimum Gasteiger partial charge on any atom is -0.572 e. The van der Waals surface area contributed by atoms with Crippen molar-refractivity contribution >= 4 is 30.7 Å². The van der Waals surface area contributed by atoms with Crippen LogP contribution in [0.5, 0.6) is 0 Å². The van der Waals surface area contributed by atoms with Crippen molar-refractivity contribution in [3.05, 3.63) is 68.8 Å². The molecule has 0 aliphatic carbocycles. The summed E-state index contributed by atoms with van der Waals surface area (Å²) < 4.78 is 1.73. The van der Waals surface area contributed by atoms with Gasteiger partial charge in [0.25, 0.3) is 0 Å². The summed E-state index contributed by atoms with van der Waals surface area (Å²) in [6, 6.07) is 0. The van der Waals surface area contributed by atoms with Crippen molar-refractivity contribution in [1.29, 1.82) is 0 Å². The maximum atomic E-state index is 12.9. The molecule has 0 saturated carbocycles. The molecule has 3 heterocycles. The Morgan fingerprint density at radius 2 is 2.11 bits per heavy atom. The van der Waals surface area contributed by atoms with E-state index in [2.05, 4.69) is 34.8 Å². The first-order chi connectivity index (χ1) is 12.0. The molecule has 1 unspecified atom stereocenters. The van der Waals surface area contributed by atoms with E-state index in [9.17, 15) is 9.59 Å². The summed E-state index contributed by atoms with van der Waals surface area (Å²) in [5.74, 6) is 0.244. The van der Waals surface area contributed by atoms with E-state index in [0.717, 1.165) is 5.69 Å². The first kappa shape index (κ1) is 25.4. The predicted octanol–water partition coefficient (Wildman–Crippen LogP) is -5.44. The third-order valence-electron chi connectivity index (χ3n) is 3.89. The van der Waals surface area contributed by atoms with E-state index in [1.165, 1.54) is 6.08 Å². The molecular weight excluding hydrogens is 487 g/mol. The minimum absolute atomic E-state index is 0. The zero-order chi connectivity index (χ0) is 18.0. The molecule has 8 heteroatoms. The van der Waals surface area contributed by atoms with Gasteiger partial charge in [0.1, 0.15) is 0 Å². The van der Waals surface area contributed by atoms with Crippen LogP contribution < -0.4 is 137 Å². The first-order valence-corrected chi connectivity index (χ1v) is 7.77. The molecule has 0 radical (unpaired) electrons.